The summed E-state index contributed by atoms with van der Waals surface area (Å²) in [5.41, 5.74) is 3.07. The fourth-order valence-electron chi connectivity index (χ4n) is 3.65. The minimum absolute atomic E-state index is 1.20. The molecule has 1 unspecified atom stereocenters. The van der Waals surface area contributed by atoms with Crippen molar-refractivity contribution in [2.75, 3.05) is 7.05 Å². The van der Waals surface area contributed by atoms with Gasteiger partial charge in [-0.15, -0.1) is 0 Å². The second-order valence-corrected chi connectivity index (χ2v) is 8.06. The molecule has 0 aromatic heterocycles. The van der Waals surface area contributed by atoms with Crippen LogP contribution in [-0.4, -0.2) is 12.9 Å². The highest BCUT2D eigenvalue weighted by Gasteiger charge is 2.28. The van der Waals surface area contributed by atoms with Gasteiger partial charge in [-0.1, -0.05) is 78.6 Å². The Hall–Kier alpha value is -1.17. The highest BCUT2D eigenvalue weighted by atomic mass is 19.3. The molecule has 0 spiro atoms. The lowest BCUT2D eigenvalue weighted by Crippen LogP contribution is -3.08. The number of rotatable bonds is 15. The lowest BCUT2D eigenvalue weighted by Gasteiger charge is -2.13. The van der Waals surface area contributed by atoms with Gasteiger partial charge in [0.2, 0.25) is 5.84 Å². The van der Waals surface area contributed by atoms with E-state index in [1.54, 1.807) is 5.70 Å². The normalized spacial score (nSPS) is 15.7. The number of unbranched alkanes of at least 4 members (excludes halogenated alkanes) is 9. The molecule has 0 fully saturated rings. The van der Waals surface area contributed by atoms with Crippen LogP contribution >= 0.6 is 0 Å². The second kappa shape index (κ2) is 18.6. The lowest BCUT2D eigenvalue weighted by atomic mass is 10.1. The predicted molar refractivity (Wildman–Crippen MR) is 119 cm³/mol. The zero-order valence-electron chi connectivity index (χ0n) is 19.6. The molecule has 1 aliphatic heterocycles. The van der Waals surface area contributed by atoms with Gasteiger partial charge in [0.1, 0.15) is 11.4 Å². The summed E-state index contributed by atoms with van der Waals surface area (Å²) >= 11 is 0. The standard InChI is InChI=1S/C22H42N2.C2F4/c1-5-8-11-14-17-20-21(18-15-12-9-6-2)24(4)22(23-20)19-16-13-10-7-3;3-1(4)2(5)6/h5-19H2,1-4H3;/p+1. The maximum atomic E-state index is 10.3. The number of nitrogens with one attached hydrogen (secondary N) is 1. The maximum absolute atomic E-state index is 10.3. The van der Waals surface area contributed by atoms with Gasteiger partial charge in [-0.05, 0) is 25.7 Å². The molecular weight excluding hydrogens is 392 g/mol. The summed E-state index contributed by atoms with van der Waals surface area (Å²) in [6.07, 6.45) is 14.0. The Bertz CT molecular complexity index is 523. The lowest BCUT2D eigenvalue weighted by molar-refractivity contribution is -0.738. The molecule has 30 heavy (non-hydrogen) atoms. The van der Waals surface area contributed by atoms with E-state index in [9.17, 15) is 17.6 Å². The van der Waals surface area contributed by atoms with E-state index < -0.39 is 12.2 Å². The molecule has 0 saturated heterocycles. The molecule has 0 aliphatic carbocycles. The summed E-state index contributed by atoms with van der Waals surface area (Å²) in [5.74, 6) is 1.42. The topological polar surface area (TPSA) is 16.8 Å². The molecule has 0 radical (unpaired) electrons. The first-order valence-corrected chi connectivity index (χ1v) is 11.9. The molecule has 0 amide bonds. The Morgan fingerprint density at radius 3 is 1.50 bits per heavy atom. The van der Waals surface area contributed by atoms with Crippen LogP contribution in [0.3, 0.4) is 0 Å². The van der Waals surface area contributed by atoms with Gasteiger partial charge < -0.3 is 0 Å². The van der Waals surface area contributed by atoms with Crippen LogP contribution in [0.25, 0.3) is 0 Å². The van der Waals surface area contributed by atoms with Gasteiger partial charge in [0.15, 0.2) is 0 Å². The van der Waals surface area contributed by atoms with Crippen molar-refractivity contribution in [2.45, 2.75) is 117 Å². The Morgan fingerprint density at radius 1 is 0.633 bits per heavy atom. The van der Waals surface area contributed by atoms with Gasteiger partial charge >= 0.3 is 12.2 Å². The van der Waals surface area contributed by atoms with Crippen molar-refractivity contribution in [1.29, 1.82) is 0 Å². The van der Waals surface area contributed by atoms with Crippen molar-refractivity contribution >= 4 is 5.84 Å². The van der Waals surface area contributed by atoms with E-state index in [2.05, 4.69) is 27.8 Å². The van der Waals surface area contributed by atoms with Crippen molar-refractivity contribution in [1.82, 2.24) is 0 Å². The molecule has 0 bridgehead atoms. The predicted octanol–water partition coefficient (Wildman–Crippen LogP) is 8.03. The largest absolute Gasteiger partial charge is 0.334 e. The van der Waals surface area contributed by atoms with Crippen LogP contribution in [0.15, 0.2) is 28.5 Å². The first-order chi connectivity index (χ1) is 14.4. The summed E-state index contributed by atoms with van der Waals surface area (Å²) in [6, 6.07) is 0. The Labute approximate surface area is 181 Å². The highest BCUT2D eigenvalue weighted by molar-refractivity contribution is 5.77. The first kappa shape index (κ1) is 28.8. The van der Waals surface area contributed by atoms with Gasteiger partial charge in [-0.25, -0.2) is 0 Å². The van der Waals surface area contributed by atoms with Crippen LogP contribution in [-0.2, 0) is 0 Å². The molecule has 176 valence electrons. The molecule has 0 aromatic rings. The van der Waals surface area contributed by atoms with E-state index in [-0.39, 0.29) is 0 Å². The minimum Gasteiger partial charge on any atom is -0.262 e. The summed E-state index contributed by atoms with van der Waals surface area (Å²) in [5, 5.41) is 0. The fourth-order valence-corrected chi connectivity index (χ4v) is 3.65. The van der Waals surface area contributed by atoms with E-state index in [0.717, 1.165) is 0 Å². The number of aliphatic imine (C=N–C) groups is 1. The average Bonchev–Trinajstić information content (AvgIpc) is 3.01. The zero-order valence-corrected chi connectivity index (χ0v) is 19.6. The van der Waals surface area contributed by atoms with Crippen LogP contribution < -0.4 is 4.90 Å². The van der Waals surface area contributed by atoms with E-state index in [1.165, 1.54) is 113 Å². The number of quaternary nitrogens is 1. The molecule has 1 N–H and O–H groups in total. The zero-order chi connectivity index (χ0) is 22.8. The van der Waals surface area contributed by atoms with Crippen LogP contribution in [0, 0.1) is 0 Å². The quantitative estimate of drug-likeness (QED) is 0.198. The van der Waals surface area contributed by atoms with Crippen molar-refractivity contribution in [2.24, 2.45) is 4.99 Å². The third kappa shape index (κ3) is 13.2. The highest BCUT2D eigenvalue weighted by Crippen LogP contribution is 2.21. The first-order valence-electron chi connectivity index (χ1n) is 11.9. The monoisotopic (exact) mass is 435 g/mol. The number of halogens is 4. The molecule has 1 heterocycles. The number of amidine groups is 1. The number of nitrogens with zero attached hydrogens (tertiary/aromatic N) is 1. The van der Waals surface area contributed by atoms with E-state index in [1.807, 2.05) is 0 Å². The molecule has 0 saturated carbocycles. The van der Waals surface area contributed by atoms with Crippen molar-refractivity contribution in [3.05, 3.63) is 23.6 Å². The van der Waals surface area contributed by atoms with Crippen molar-refractivity contribution in [3.8, 4) is 0 Å². The van der Waals surface area contributed by atoms with Crippen LogP contribution in [0.2, 0.25) is 0 Å². The molecule has 1 atom stereocenters. The Kier molecular flexibility index (Phi) is 17.9. The van der Waals surface area contributed by atoms with Crippen LogP contribution in [0.4, 0.5) is 17.6 Å². The van der Waals surface area contributed by atoms with Gasteiger partial charge in [0.25, 0.3) is 0 Å². The number of allylic oxidation sites excluding steroid dienone is 2. The molecule has 1 aliphatic rings. The van der Waals surface area contributed by atoms with E-state index in [0.29, 0.717) is 0 Å². The minimum atomic E-state index is -2.91. The summed E-state index contributed by atoms with van der Waals surface area (Å²) in [4.78, 5) is 6.64. The third-order valence-electron chi connectivity index (χ3n) is 5.46. The second-order valence-electron chi connectivity index (χ2n) is 8.06. The average molecular weight is 436 g/mol. The van der Waals surface area contributed by atoms with Crippen LogP contribution in [0.1, 0.15) is 117 Å². The fraction of sp³-hybridized carbons (Fsp3) is 0.792. The van der Waals surface area contributed by atoms with E-state index in [4.69, 9.17) is 4.99 Å². The SMILES string of the molecule is CCCCCCC1=NC(CCCCCC)=C(CCCCCC)[NH+]1C.FC(F)=C(F)F. The summed E-state index contributed by atoms with van der Waals surface area (Å²) < 4.78 is 41.1. The molecular formula is C24H43F4N2+. The number of hydrogen-bond donors (Lipinski definition) is 1. The smallest absolute Gasteiger partial charge is 0.262 e. The van der Waals surface area contributed by atoms with Gasteiger partial charge in [-0.2, -0.15) is 22.6 Å². The molecule has 0 aromatic carbocycles. The van der Waals surface area contributed by atoms with E-state index >= 15 is 0 Å². The molecule has 1 rings (SSSR count). The number of hydrogen-bond acceptors (Lipinski definition) is 1. The van der Waals surface area contributed by atoms with Gasteiger partial charge in [0, 0.05) is 12.8 Å². The Balaban J connectivity index is 0.00000122. The van der Waals surface area contributed by atoms with Gasteiger partial charge in [-0.3, -0.25) is 4.90 Å². The maximum Gasteiger partial charge on any atom is 0.334 e. The third-order valence-corrected chi connectivity index (χ3v) is 5.46. The molecule has 2 nitrogen and oxygen atoms in total. The van der Waals surface area contributed by atoms with Crippen molar-refractivity contribution < 1.29 is 22.5 Å². The Morgan fingerprint density at radius 2 is 1.07 bits per heavy atom. The molecule has 6 heteroatoms. The van der Waals surface area contributed by atoms with Gasteiger partial charge in [0.05, 0.1) is 7.05 Å². The van der Waals surface area contributed by atoms with Crippen molar-refractivity contribution in [3.63, 3.8) is 0 Å². The summed E-state index contributed by atoms with van der Waals surface area (Å²) in [6.45, 7) is 6.87. The van der Waals surface area contributed by atoms with Crippen LogP contribution in [0.5, 0.6) is 0 Å². The summed E-state index contributed by atoms with van der Waals surface area (Å²) in [7, 11) is 2.34.